The number of rotatable bonds is 5. The fraction of sp³-hybridized carbons (Fsp3) is 0.867. The number of hydrogen-bond donors (Lipinski definition) is 2. The van der Waals surface area contributed by atoms with E-state index in [1.807, 2.05) is 0 Å². The summed E-state index contributed by atoms with van der Waals surface area (Å²) < 4.78 is 0. The Bertz CT molecular complexity index is 241. The predicted molar refractivity (Wildman–Crippen MR) is 73.5 cm³/mol. The highest BCUT2D eigenvalue weighted by molar-refractivity contribution is 5.11. The Morgan fingerprint density at radius 2 is 2.00 bits per heavy atom. The van der Waals surface area contributed by atoms with Crippen LogP contribution in [0.15, 0.2) is 11.6 Å². The molecule has 2 nitrogen and oxygen atoms in total. The van der Waals surface area contributed by atoms with Crippen LogP contribution in [-0.4, -0.2) is 6.04 Å². The molecule has 0 spiro atoms. The third-order valence-electron chi connectivity index (χ3n) is 4.56. The number of allylic oxidation sites excluding steroid dienone is 1. The van der Waals surface area contributed by atoms with E-state index >= 15 is 0 Å². The highest BCUT2D eigenvalue weighted by atomic mass is 15.2. The Kier molecular flexibility index (Phi) is 5.53. The number of hydrazine groups is 1. The summed E-state index contributed by atoms with van der Waals surface area (Å²) in [7, 11) is 0. The minimum Gasteiger partial charge on any atom is -0.271 e. The number of nitrogens with one attached hydrogen (secondary N) is 1. The third-order valence-corrected chi connectivity index (χ3v) is 4.56. The summed E-state index contributed by atoms with van der Waals surface area (Å²) in [4.78, 5) is 0. The van der Waals surface area contributed by atoms with E-state index in [9.17, 15) is 0 Å². The van der Waals surface area contributed by atoms with Crippen molar-refractivity contribution >= 4 is 0 Å². The number of nitrogens with two attached hydrogens (primary N) is 1. The molecule has 17 heavy (non-hydrogen) atoms. The molecule has 0 saturated heterocycles. The molecular weight excluding hydrogens is 208 g/mol. The predicted octanol–water partition coefficient (Wildman–Crippen LogP) is 3.68. The van der Waals surface area contributed by atoms with Crippen molar-refractivity contribution in [1.82, 2.24) is 5.43 Å². The van der Waals surface area contributed by atoms with Crippen LogP contribution in [0.2, 0.25) is 0 Å². The van der Waals surface area contributed by atoms with Gasteiger partial charge in [0.05, 0.1) is 0 Å². The first kappa shape index (κ1) is 13.1. The van der Waals surface area contributed by atoms with Gasteiger partial charge in [-0.1, -0.05) is 43.8 Å². The second-order valence-electron chi connectivity index (χ2n) is 5.83. The first-order chi connectivity index (χ1) is 8.40. The molecule has 1 atom stereocenters. The van der Waals surface area contributed by atoms with Gasteiger partial charge >= 0.3 is 0 Å². The molecule has 0 heterocycles. The molecule has 0 aromatic rings. The summed E-state index contributed by atoms with van der Waals surface area (Å²) in [5.41, 5.74) is 4.64. The van der Waals surface area contributed by atoms with Gasteiger partial charge in [0.1, 0.15) is 0 Å². The van der Waals surface area contributed by atoms with Gasteiger partial charge in [0, 0.05) is 6.04 Å². The van der Waals surface area contributed by atoms with Crippen LogP contribution in [0.4, 0.5) is 0 Å². The molecule has 2 aliphatic rings. The molecule has 98 valence electrons. The zero-order valence-corrected chi connectivity index (χ0v) is 11.1. The molecule has 2 rings (SSSR count). The van der Waals surface area contributed by atoms with Crippen LogP contribution in [0.3, 0.4) is 0 Å². The molecular formula is C15H28N2. The summed E-state index contributed by atoms with van der Waals surface area (Å²) >= 11 is 0. The van der Waals surface area contributed by atoms with E-state index in [-0.39, 0.29) is 0 Å². The van der Waals surface area contributed by atoms with E-state index in [1.54, 1.807) is 5.57 Å². The highest BCUT2D eigenvalue weighted by Crippen LogP contribution is 2.30. The van der Waals surface area contributed by atoms with E-state index in [4.69, 9.17) is 5.84 Å². The molecule has 0 bridgehead atoms. The number of hydrogen-bond acceptors (Lipinski definition) is 2. The minimum absolute atomic E-state index is 0.452. The van der Waals surface area contributed by atoms with Gasteiger partial charge in [-0.25, -0.2) is 0 Å². The Morgan fingerprint density at radius 1 is 1.18 bits per heavy atom. The van der Waals surface area contributed by atoms with Gasteiger partial charge < -0.3 is 0 Å². The average Bonchev–Trinajstić information content (AvgIpc) is 2.72. The monoisotopic (exact) mass is 236 g/mol. The normalized spacial score (nSPS) is 24.4. The first-order valence-corrected chi connectivity index (χ1v) is 7.55. The fourth-order valence-corrected chi connectivity index (χ4v) is 3.43. The van der Waals surface area contributed by atoms with E-state index in [1.165, 1.54) is 70.6 Å². The van der Waals surface area contributed by atoms with Gasteiger partial charge in [0.15, 0.2) is 0 Å². The molecule has 1 fully saturated rings. The van der Waals surface area contributed by atoms with Crippen molar-refractivity contribution in [2.24, 2.45) is 11.8 Å². The van der Waals surface area contributed by atoms with E-state index in [0.29, 0.717) is 6.04 Å². The third kappa shape index (κ3) is 4.11. The summed E-state index contributed by atoms with van der Waals surface area (Å²) in [6.07, 6.45) is 17.5. The quantitative estimate of drug-likeness (QED) is 0.434. The largest absolute Gasteiger partial charge is 0.271 e. The lowest BCUT2D eigenvalue weighted by Gasteiger charge is -2.21. The van der Waals surface area contributed by atoms with Gasteiger partial charge in [0.2, 0.25) is 0 Å². The van der Waals surface area contributed by atoms with Crippen LogP contribution in [0.1, 0.15) is 70.6 Å². The van der Waals surface area contributed by atoms with Gasteiger partial charge in [-0.2, -0.15) is 0 Å². The van der Waals surface area contributed by atoms with Crippen molar-refractivity contribution < 1.29 is 0 Å². The van der Waals surface area contributed by atoms with Gasteiger partial charge in [0.25, 0.3) is 0 Å². The fourth-order valence-electron chi connectivity index (χ4n) is 3.43. The van der Waals surface area contributed by atoms with Gasteiger partial charge in [-0.05, 0) is 44.4 Å². The molecule has 0 aliphatic heterocycles. The lowest BCUT2D eigenvalue weighted by molar-refractivity contribution is 0.428. The van der Waals surface area contributed by atoms with Crippen molar-refractivity contribution in [2.45, 2.75) is 76.7 Å². The van der Waals surface area contributed by atoms with Gasteiger partial charge in [-0.15, -0.1) is 0 Å². The molecule has 0 radical (unpaired) electrons. The van der Waals surface area contributed by atoms with Crippen molar-refractivity contribution in [3.05, 3.63) is 11.6 Å². The summed E-state index contributed by atoms with van der Waals surface area (Å²) in [6, 6.07) is 0.452. The zero-order chi connectivity index (χ0) is 11.9. The second kappa shape index (κ2) is 7.17. The topological polar surface area (TPSA) is 38.0 Å². The lowest BCUT2D eigenvalue weighted by Crippen LogP contribution is -2.37. The summed E-state index contributed by atoms with van der Waals surface area (Å²) in [5.74, 6) is 6.73. The van der Waals surface area contributed by atoms with Crippen molar-refractivity contribution in [2.75, 3.05) is 0 Å². The lowest BCUT2D eigenvalue weighted by atomic mass is 9.93. The first-order valence-electron chi connectivity index (χ1n) is 7.55. The maximum Gasteiger partial charge on any atom is 0.0419 e. The van der Waals surface area contributed by atoms with Crippen LogP contribution in [0.25, 0.3) is 0 Å². The standard InChI is InChI=1S/C15H28N2/c16-17-15(12-11-13-7-5-6-8-13)14-9-3-1-2-4-10-14/h9,13,15,17H,1-8,10-12,16H2. The zero-order valence-electron chi connectivity index (χ0n) is 11.1. The van der Waals surface area contributed by atoms with Crippen LogP contribution < -0.4 is 11.3 Å². The molecule has 2 aliphatic carbocycles. The summed E-state index contributed by atoms with van der Waals surface area (Å²) in [6.45, 7) is 0. The Labute approximate surface area is 106 Å². The van der Waals surface area contributed by atoms with Crippen molar-refractivity contribution in [3.8, 4) is 0 Å². The van der Waals surface area contributed by atoms with Gasteiger partial charge in [-0.3, -0.25) is 11.3 Å². The second-order valence-corrected chi connectivity index (χ2v) is 5.83. The average molecular weight is 236 g/mol. The minimum atomic E-state index is 0.452. The smallest absolute Gasteiger partial charge is 0.0419 e. The molecule has 3 N–H and O–H groups in total. The molecule has 0 aromatic heterocycles. The summed E-state index contributed by atoms with van der Waals surface area (Å²) in [5, 5.41) is 0. The highest BCUT2D eigenvalue weighted by Gasteiger charge is 2.19. The van der Waals surface area contributed by atoms with Crippen LogP contribution in [-0.2, 0) is 0 Å². The SMILES string of the molecule is NNC(CCC1CCCC1)C1=CCCCCC1. The molecule has 0 aromatic carbocycles. The Morgan fingerprint density at radius 3 is 2.76 bits per heavy atom. The van der Waals surface area contributed by atoms with Crippen LogP contribution >= 0.6 is 0 Å². The molecule has 2 heteroatoms. The maximum absolute atomic E-state index is 5.75. The van der Waals surface area contributed by atoms with Crippen LogP contribution in [0.5, 0.6) is 0 Å². The molecule has 1 saturated carbocycles. The van der Waals surface area contributed by atoms with E-state index < -0.39 is 0 Å². The maximum atomic E-state index is 5.75. The van der Waals surface area contributed by atoms with Crippen LogP contribution in [0, 0.1) is 5.92 Å². The van der Waals surface area contributed by atoms with Crippen molar-refractivity contribution in [3.63, 3.8) is 0 Å². The Hall–Kier alpha value is -0.340. The van der Waals surface area contributed by atoms with Crippen molar-refractivity contribution in [1.29, 1.82) is 0 Å². The Balaban J connectivity index is 1.79. The van der Waals surface area contributed by atoms with E-state index in [0.717, 1.165) is 5.92 Å². The van der Waals surface area contributed by atoms with E-state index in [2.05, 4.69) is 11.5 Å². The molecule has 0 amide bonds. The molecule has 1 unspecified atom stereocenters.